The maximum Gasteiger partial charge on any atom is 1.00 e. The predicted molar refractivity (Wildman–Crippen MR) is 60.6 cm³/mol. The molecule has 1 unspecified atom stereocenters. The summed E-state index contributed by atoms with van der Waals surface area (Å²) in [7, 11) is -4.55. The predicted octanol–water partition coefficient (Wildman–Crippen LogP) is -1.29. The molecule has 1 N–H and O–H groups in total. The van der Waals surface area contributed by atoms with Gasteiger partial charge in [0.2, 0.25) is 0 Å². The molecule has 0 spiro atoms. The first kappa shape index (κ1) is 17.9. The fourth-order valence-electron chi connectivity index (χ4n) is 2.51. The normalized spacial score (nSPS) is 28.3. The zero-order chi connectivity index (χ0) is 12.6. The van der Waals surface area contributed by atoms with Gasteiger partial charge in [-0.25, -0.2) is 8.42 Å². The Bertz CT molecular complexity index is 326. The van der Waals surface area contributed by atoms with Crippen LogP contribution in [0.25, 0.3) is 0 Å². The molecule has 1 aliphatic carbocycles. The van der Waals surface area contributed by atoms with Crippen LogP contribution in [-0.2, 0) is 10.1 Å². The first-order valence-corrected chi connectivity index (χ1v) is 7.22. The number of hydrogen-bond donors (Lipinski definition) is 1. The summed E-state index contributed by atoms with van der Waals surface area (Å²) >= 11 is 0. The first-order valence-electron chi connectivity index (χ1n) is 5.75. The second-order valence-corrected chi connectivity index (χ2v) is 7.33. The third-order valence-electron chi connectivity index (χ3n) is 3.70. The molecule has 0 aromatic rings. The van der Waals surface area contributed by atoms with E-state index in [0.29, 0.717) is 18.8 Å². The quantitative estimate of drug-likeness (QED) is 0.501. The summed E-state index contributed by atoms with van der Waals surface area (Å²) in [5, 5.41) is 9.40. The Morgan fingerprint density at radius 2 is 1.59 bits per heavy atom. The molecule has 1 aliphatic rings. The van der Waals surface area contributed by atoms with Crippen molar-refractivity contribution in [3.63, 3.8) is 0 Å². The molecule has 1 fully saturated rings. The second-order valence-electron chi connectivity index (χ2n) is 5.86. The van der Waals surface area contributed by atoms with Gasteiger partial charge in [0.05, 0.1) is 0 Å². The average Bonchev–Trinajstić information content (AvgIpc) is 2.14. The smallest absolute Gasteiger partial charge is 0.746 e. The minimum atomic E-state index is -4.55. The topological polar surface area (TPSA) is 77.4 Å². The molecular weight excluding hydrogens is 251 g/mol. The number of hydrogen-bond acceptors (Lipinski definition) is 4. The van der Waals surface area contributed by atoms with E-state index in [1.54, 1.807) is 0 Å². The van der Waals surface area contributed by atoms with Crippen LogP contribution in [0.2, 0.25) is 0 Å². The molecular formula is C11H21NaO4S. The third-order valence-corrected chi connectivity index (χ3v) is 4.67. The zero-order valence-electron chi connectivity index (χ0n) is 11.1. The molecule has 0 bridgehead atoms. The van der Waals surface area contributed by atoms with Gasteiger partial charge in [0, 0.05) is 0 Å². The fraction of sp³-hybridized carbons (Fsp3) is 1.00. The van der Waals surface area contributed by atoms with Crippen molar-refractivity contribution in [2.75, 3.05) is 0 Å². The van der Waals surface area contributed by atoms with Crippen LogP contribution < -0.4 is 29.6 Å². The van der Waals surface area contributed by atoms with E-state index < -0.39 is 15.6 Å². The monoisotopic (exact) mass is 272 g/mol. The summed E-state index contributed by atoms with van der Waals surface area (Å²) in [6, 6.07) is 0. The van der Waals surface area contributed by atoms with Crippen molar-refractivity contribution in [3.8, 4) is 0 Å². The molecule has 17 heavy (non-hydrogen) atoms. The summed E-state index contributed by atoms with van der Waals surface area (Å²) in [6.07, 6.45) is 3.04. The van der Waals surface area contributed by atoms with Gasteiger partial charge in [0.1, 0.15) is 15.6 Å². The molecule has 1 rings (SSSR count). The van der Waals surface area contributed by atoms with Crippen LogP contribution >= 0.6 is 0 Å². The Morgan fingerprint density at radius 3 is 1.88 bits per heavy atom. The van der Waals surface area contributed by atoms with Gasteiger partial charge in [0.25, 0.3) is 0 Å². The molecule has 0 aromatic heterocycles. The van der Waals surface area contributed by atoms with Crippen molar-refractivity contribution in [2.24, 2.45) is 17.3 Å². The summed E-state index contributed by atoms with van der Waals surface area (Å²) in [4.78, 5) is 0. The number of aliphatic hydroxyl groups excluding tert-OH is 1. The molecule has 0 heterocycles. The van der Waals surface area contributed by atoms with Crippen LogP contribution in [0.15, 0.2) is 0 Å². The van der Waals surface area contributed by atoms with Gasteiger partial charge in [-0.05, 0) is 42.9 Å². The Morgan fingerprint density at radius 1 is 1.18 bits per heavy atom. The van der Waals surface area contributed by atoms with Gasteiger partial charge in [0.15, 0.2) is 0 Å². The van der Waals surface area contributed by atoms with Gasteiger partial charge in [-0.2, -0.15) is 0 Å². The van der Waals surface area contributed by atoms with E-state index in [4.69, 9.17) is 0 Å². The van der Waals surface area contributed by atoms with Crippen molar-refractivity contribution in [1.29, 1.82) is 0 Å². The molecule has 1 atom stereocenters. The molecule has 6 heteroatoms. The molecule has 0 amide bonds. The Kier molecular flexibility index (Phi) is 6.67. The summed E-state index contributed by atoms with van der Waals surface area (Å²) in [5.41, 5.74) is -1.50. The van der Waals surface area contributed by atoms with Gasteiger partial charge in [-0.1, -0.05) is 20.8 Å². The van der Waals surface area contributed by atoms with E-state index >= 15 is 0 Å². The van der Waals surface area contributed by atoms with Gasteiger partial charge >= 0.3 is 29.6 Å². The number of aliphatic hydroxyl groups is 1. The molecule has 0 saturated heterocycles. The Labute approximate surface area is 126 Å². The third kappa shape index (κ3) is 5.17. The fourth-order valence-corrected chi connectivity index (χ4v) is 3.25. The molecule has 0 aromatic carbocycles. The van der Waals surface area contributed by atoms with Gasteiger partial charge < -0.3 is 9.66 Å². The Balaban J connectivity index is 0.00000256. The van der Waals surface area contributed by atoms with E-state index in [0.717, 1.165) is 12.8 Å². The minimum Gasteiger partial charge on any atom is -0.746 e. The molecule has 4 nitrogen and oxygen atoms in total. The van der Waals surface area contributed by atoms with E-state index in [2.05, 4.69) is 20.8 Å². The minimum absolute atomic E-state index is 0. The average molecular weight is 272 g/mol. The van der Waals surface area contributed by atoms with Crippen LogP contribution in [-0.4, -0.2) is 23.5 Å². The van der Waals surface area contributed by atoms with Gasteiger partial charge in [-0.3, -0.25) is 0 Å². The SMILES string of the molecule is CC(C)(C)C1CCC(C(O)S(=O)(=O)[O-])CC1.[Na+]. The van der Waals surface area contributed by atoms with Crippen LogP contribution in [0.5, 0.6) is 0 Å². The Hall–Kier alpha value is 0.870. The van der Waals surface area contributed by atoms with E-state index in [1.165, 1.54) is 0 Å². The van der Waals surface area contributed by atoms with Crippen molar-refractivity contribution in [1.82, 2.24) is 0 Å². The zero-order valence-corrected chi connectivity index (χ0v) is 14.0. The van der Waals surface area contributed by atoms with Crippen LogP contribution in [0.1, 0.15) is 46.5 Å². The van der Waals surface area contributed by atoms with Crippen molar-refractivity contribution >= 4 is 10.1 Å². The van der Waals surface area contributed by atoms with Crippen LogP contribution in [0.4, 0.5) is 0 Å². The largest absolute Gasteiger partial charge is 1.00 e. The maximum absolute atomic E-state index is 10.7. The summed E-state index contributed by atoms with van der Waals surface area (Å²) < 4.78 is 32.1. The van der Waals surface area contributed by atoms with Crippen molar-refractivity contribution < 1.29 is 47.6 Å². The van der Waals surface area contributed by atoms with Crippen molar-refractivity contribution in [2.45, 2.75) is 51.9 Å². The van der Waals surface area contributed by atoms with E-state index in [9.17, 15) is 18.1 Å². The molecule has 1 saturated carbocycles. The maximum atomic E-state index is 10.7. The van der Waals surface area contributed by atoms with Crippen LogP contribution in [0.3, 0.4) is 0 Å². The molecule has 0 radical (unpaired) electrons. The first-order chi connectivity index (χ1) is 7.12. The van der Waals surface area contributed by atoms with E-state index in [-0.39, 0.29) is 40.9 Å². The summed E-state index contributed by atoms with van der Waals surface area (Å²) in [6.45, 7) is 6.50. The van der Waals surface area contributed by atoms with Crippen molar-refractivity contribution in [3.05, 3.63) is 0 Å². The van der Waals surface area contributed by atoms with Crippen LogP contribution in [0, 0.1) is 17.3 Å². The molecule has 0 aliphatic heterocycles. The standard InChI is InChI=1S/C11H22O4S.Na/c1-11(2,3)9-6-4-8(5-7-9)10(12)16(13,14)15;/h8-10,12H,4-7H2,1-3H3,(H,13,14,15);/q;+1/p-1. The molecule has 96 valence electrons. The second kappa shape index (κ2) is 6.35. The summed E-state index contributed by atoms with van der Waals surface area (Å²) in [5.74, 6) is 0.173. The van der Waals surface area contributed by atoms with E-state index in [1.807, 2.05) is 0 Å². The number of rotatable bonds is 2. The van der Waals surface area contributed by atoms with Gasteiger partial charge in [-0.15, -0.1) is 0 Å².